The van der Waals surface area contributed by atoms with Gasteiger partial charge in [0, 0.05) is 17.0 Å². The molecule has 2 aromatic heterocycles. The molecule has 3 aromatic carbocycles. The zero-order chi connectivity index (χ0) is 23.7. The Morgan fingerprint density at radius 3 is 2.53 bits per heavy atom. The number of fused-ring (bicyclic) bond motifs is 1. The second-order valence-electron chi connectivity index (χ2n) is 7.43. The van der Waals surface area contributed by atoms with E-state index >= 15 is 0 Å². The normalized spacial score (nSPS) is 11.0. The van der Waals surface area contributed by atoms with Gasteiger partial charge in [0.05, 0.1) is 16.8 Å². The number of rotatable bonds is 6. The molecule has 168 valence electrons. The highest BCUT2D eigenvalue weighted by Crippen LogP contribution is 2.37. The first-order valence-corrected chi connectivity index (χ1v) is 10.2. The summed E-state index contributed by atoms with van der Waals surface area (Å²) in [6.07, 6.45) is 1.77. The minimum atomic E-state index is -0.635. The molecule has 34 heavy (non-hydrogen) atoms. The lowest BCUT2D eigenvalue weighted by Gasteiger charge is -2.14. The number of carbonyl (C=O) groups is 1. The largest absolute Gasteiger partial charge is 0.485 e. The van der Waals surface area contributed by atoms with E-state index in [4.69, 9.17) is 9.15 Å². The fraction of sp³-hybridized carbons (Fsp3) is 0.0385. The highest BCUT2D eigenvalue weighted by molar-refractivity contribution is 5.96. The standard InChI is InChI=1S/C26H15F3N2O3/c27-16-4-1-3-15(9-16)13-33-26-18(5-2-6-21(26)28)25-20-10-19(24-8-7-17(12-32)34-24)22(29)11-23(20)30-14-31-25/h1-12,14H,13H2. The number of carbonyl (C=O) groups excluding carboxylic acids is 1. The SMILES string of the molecule is O=Cc1ccc(-c2cc3c(-c4cccc(F)c4OCc4cccc(F)c4)ncnc3cc2F)o1. The summed E-state index contributed by atoms with van der Waals surface area (Å²) in [5, 5.41) is 0.421. The number of halogens is 3. The lowest BCUT2D eigenvalue weighted by atomic mass is 10.0. The molecule has 2 heterocycles. The highest BCUT2D eigenvalue weighted by atomic mass is 19.1. The van der Waals surface area contributed by atoms with E-state index in [2.05, 4.69) is 9.97 Å². The Hall–Kier alpha value is -4.46. The second kappa shape index (κ2) is 8.82. The molecule has 0 amide bonds. The summed E-state index contributed by atoms with van der Waals surface area (Å²) in [6.45, 7) is -0.0740. The van der Waals surface area contributed by atoms with Gasteiger partial charge in [0.2, 0.25) is 0 Å². The van der Waals surface area contributed by atoms with Gasteiger partial charge in [-0.05, 0) is 48.0 Å². The molecule has 5 rings (SSSR count). The van der Waals surface area contributed by atoms with Gasteiger partial charge in [-0.25, -0.2) is 23.1 Å². The molecule has 0 bridgehead atoms. The Kier molecular flexibility index (Phi) is 5.55. The van der Waals surface area contributed by atoms with Crippen molar-refractivity contribution in [2.45, 2.75) is 6.61 Å². The molecule has 0 radical (unpaired) electrons. The van der Waals surface area contributed by atoms with Crippen LogP contribution in [0.1, 0.15) is 16.1 Å². The number of ether oxygens (including phenoxy) is 1. The first-order chi connectivity index (χ1) is 16.5. The number of para-hydroxylation sites is 1. The zero-order valence-corrected chi connectivity index (χ0v) is 17.5. The van der Waals surface area contributed by atoms with E-state index in [1.54, 1.807) is 12.1 Å². The molecule has 0 N–H and O–H groups in total. The van der Waals surface area contributed by atoms with Gasteiger partial charge in [-0.1, -0.05) is 18.2 Å². The Labute approximate surface area is 191 Å². The van der Waals surface area contributed by atoms with Crippen LogP contribution in [0.25, 0.3) is 33.5 Å². The van der Waals surface area contributed by atoms with Crippen LogP contribution in [-0.4, -0.2) is 16.3 Å². The third-order valence-corrected chi connectivity index (χ3v) is 5.23. The van der Waals surface area contributed by atoms with Crippen LogP contribution in [0.5, 0.6) is 5.75 Å². The summed E-state index contributed by atoms with van der Waals surface area (Å²) < 4.78 is 54.3. The molecule has 5 aromatic rings. The number of nitrogens with zero attached hydrogens (tertiary/aromatic N) is 2. The smallest absolute Gasteiger partial charge is 0.185 e. The zero-order valence-electron chi connectivity index (χ0n) is 17.5. The third kappa shape index (κ3) is 4.01. The fourth-order valence-electron chi connectivity index (χ4n) is 3.67. The van der Waals surface area contributed by atoms with Crippen molar-refractivity contribution >= 4 is 17.2 Å². The molecule has 0 fully saturated rings. The average Bonchev–Trinajstić information content (AvgIpc) is 3.31. The van der Waals surface area contributed by atoms with E-state index in [1.807, 2.05) is 0 Å². The van der Waals surface area contributed by atoms with E-state index in [-0.39, 0.29) is 35.0 Å². The molecular weight excluding hydrogens is 445 g/mol. The first-order valence-electron chi connectivity index (χ1n) is 10.2. The molecule has 0 unspecified atom stereocenters. The third-order valence-electron chi connectivity index (χ3n) is 5.23. The maximum Gasteiger partial charge on any atom is 0.185 e. The predicted molar refractivity (Wildman–Crippen MR) is 119 cm³/mol. The molecule has 0 atom stereocenters. The Morgan fingerprint density at radius 2 is 1.74 bits per heavy atom. The fourth-order valence-corrected chi connectivity index (χ4v) is 3.67. The van der Waals surface area contributed by atoms with Crippen LogP contribution in [0.4, 0.5) is 13.2 Å². The monoisotopic (exact) mass is 460 g/mol. The number of benzene rings is 3. The van der Waals surface area contributed by atoms with Crippen molar-refractivity contribution in [1.29, 1.82) is 0 Å². The van der Waals surface area contributed by atoms with Crippen molar-refractivity contribution in [3.8, 4) is 28.3 Å². The first kappa shape index (κ1) is 21.4. The molecule has 0 spiro atoms. The maximum atomic E-state index is 14.8. The van der Waals surface area contributed by atoms with Gasteiger partial charge >= 0.3 is 0 Å². The lowest BCUT2D eigenvalue weighted by molar-refractivity contribution is 0.110. The Morgan fingerprint density at radius 1 is 0.882 bits per heavy atom. The van der Waals surface area contributed by atoms with Gasteiger partial charge in [-0.15, -0.1) is 0 Å². The van der Waals surface area contributed by atoms with Gasteiger partial charge in [-0.3, -0.25) is 4.79 Å². The van der Waals surface area contributed by atoms with Crippen molar-refractivity contribution in [2.24, 2.45) is 0 Å². The summed E-state index contributed by atoms with van der Waals surface area (Å²) in [5.41, 5.74) is 1.52. The molecular formula is C26H15F3N2O3. The van der Waals surface area contributed by atoms with Crippen LogP contribution in [0.3, 0.4) is 0 Å². The Bertz CT molecular complexity index is 1530. The summed E-state index contributed by atoms with van der Waals surface area (Å²) in [4.78, 5) is 19.4. The van der Waals surface area contributed by atoms with Crippen LogP contribution in [-0.2, 0) is 6.61 Å². The number of hydrogen-bond donors (Lipinski definition) is 0. The summed E-state index contributed by atoms with van der Waals surface area (Å²) >= 11 is 0. The molecule has 5 nitrogen and oxygen atoms in total. The van der Waals surface area contributed by atoms with Crippen LogP contribution < -0.4 is 4.74 Å². The molecule has 0 aliphatic heterocycles. The van der Waals surface area contributed by atoms with Crippen molar-refractivity contribution in [3.05, 3.63) is 102 Å². The van der Waals surface area contributed by atoms with Gasteiger partial charge in [-0.2, -0.15) is 0 Å². The van der Waals surface area contributed by atoms with Crippen LogP contribution in [0.15, 0.2) is 77.5 Å². The maximum absolute atomic E-state index is 14.8. The molecule has 8 heteroatoms. The summed E-state index contributed by atoms with van der Waals surface area (Å²) in [5.74, 6) is -1.55. The minimum absolute atomic E-state index is 0.0530. The van der Waals surface area contributed by atoms with Gasteiger partial charge in [0.15, 0.2) is 23.6 Å². The van der Waals surface area contributed by atoms with Gasteiger partial charge in [0.25, 0.3) is 0 Å². The highest BCUT2D eigenvalue weighted by Gasteiger charge is 2.19. The van der Waals surface area contributed by atoms with E-state index in [1.165, 1.54) is 60.9 Å². The number of hydrogen-bond acceptors (Lipinski definition) is 5. The van der Waals surface area contributed by atoms with E-state index in [0.29, 0.717) is 28.5 Å². The number of aldehydes is 1. The van der Waals surface area contributed by atoms with Gasteiger partial charge < -0.3 is 9.15 Å². The average molecular weight is 460 g/mol. The van der Waals surface area contributed by atoms with Crippen molar-refractivity contribution < 1.29 is 27.1 Å². The number of furan rings is 1. The van der Waals surface area contributed by atoms with Crippen molar-refractivity contribution in [3.63, 3.8) is 0 Å². The van der Waals surface area contributed by atoms with Crippen molar-refractivity contribution in [1.82, 2.24) is 9.97 Å². The lowest BCUT2D eigenvalue weighted by Crippen LogP contribution is -2.01. The Balaban J connectivity index is 1.62. The molecule has 0 saturated carbocycles. The summed E-state index contributed by atoms with van der Waals surface area (Å²) in [6, 6.07) is 15.8. The predicted octanol–water partition coefficient (Wildman–Crippen LogP) is 6.37. The van der Waals surface area contributed by atoms with Gasteiger partial charge in [0.1, 0.15) is 30.3 Å². The van der Waals surface area contributed by atoms with Crippen LogP contribution in [0, 0.1) is 17.5 Å². The molecule has 0 aliphatic carbocycles. The molecule has 0 saturated heterocycles. The second-order valence-corrected chi connectivity index (χ2v) is 7.43. The van der Waals surface area contributed by atoms with Crippen LogP contribution >= 0.6 is 0 Å². The summed E-state index contributed by atoms with van der Waals surface area (Å²) in [7, 11) is 0. The van der Waals surface area contributed by atoms with E-state index in [0.717, 1.165) is 0 Å². The number of aromatic nitrogens is 2. The topological polar surface area (TPSA) is 65.2 Å². The van der Waals surface area contributed by atoms with E-state index in [9.17, 15) is 18.0 Å². The van der Waals surface area contributed by atoms with E-state index < -0.39 is 17.5 Å². The molecule has 0 aliphatic rings. The van der Waals surface area contributed by atoms with Crippen LogP contribution in [0.2, 0.25) is 0 Å². The minimum Gasteiger partial charge on any atom is -0.485 e. The quantitative estimate of drug-likeness (QED) is 0.276. The van der Waals surface area contributed by atoms with Crippen molar-refractivity contribution in [2.75, 3.05) is 0 Å².